The van der Waals surface area contributed by atoms with Crippen molar-refractivity contribution in [1.82, 2.24) is 0 Å². The molecule has 0 N–H and O–H groups in total. The molecule has 3 nitrogen and oxygen atoms in total. The summed E-state index contributed by atoms with van der Waals surface area (Å²) in [5.41, 5.74) is -2.69. The molecule has 0 amide bonds. The fourth-order valence-electron chi connectivity index (χ4n) is 2.59. The number of halogens is 6. The number of hydrogen-bond acceptors (Lipinski definition) is 3. The van der Waals surface area contributed by atoms with Crippen molar-refractivity contribution < 1.29 is 40.6 Å². The zero-order chi connectivity index (χ0) is 21.8. The van der Waals surface area contributed by atoms with Crippen molar-refractivity contribution in [3.63, 3.8) is 0 Å². The molecule has 0 fully saturated rings. The minimum absolute atomic E-state index is 0.0450. The average molecular weight is 418 g/mol. The molecule has 0 heterocycles. The Hall–Kier alpha value is -2.97. The number of alkyl halides is 6. The summed E-state index contributed by atoms with van der Waals surface area (Å²) in [6.45, 7) is -0.135. The molecule has 0 spiro atoms. The molecule has 156 valence electrons. The lowest BCUT2D eigenvalue weighted by molar-refractivity contribution is -0.143. The molecule has 0 unspecified atom stereocenters. The van der Waals surface area contributed by atoms with Gasteiger partial charge in [0.15, 0.2) is 0 Å². The molecule has 0 aliphatic heterocycles. The van der Waals surface area contributed by atoms with Crippen molar-refractivity contribution in [2.24, 2.45) is 0 Å². The van der Waals surface area contributed by atoms with Crippen molar-refractivity contribution in [1.29, 1.82) is 0 Å². The summed E-state index contributed by atoms with van der Waals surface area (Å²) >= 11 is 0. The number of hydrogen-bond donors (Lipinski definition) is 0. The second kappa shape index (κ2) is 8.59. The Kier molecular flexibility index (Phi) is 6.61. The fourth-order valence-corrected chi connectivity index (χ4v) is 2.59. The van der Waals surface area contributed by atoms with E-state index in [-0.39, 0.29) is 16.9 Å². The van der Waals surface area contributed by atoms with Crippen molar-refractivity contribution in [2.45, 2.75) is 19.3 Å². The SMILES string of the molecule is COc1cccc(/C(=C(/COC(C)=O)C(F)(F)F)c2ccc(C(F)(F)F)cc2)c1. The van der Waals surface area contributed by atoms with Crippen LogP contribution in [0.25, 0.3) is 5.57 Å². The Labute approximate surface area is 162 Å². The van der Waals surface area contributed by atoms with E-state index in [1.54, 1.807) is 0 Å². The molecule has 0 saturated carbocycles. The number of esters is 1. The van der Waals surface area contributed by atoms with E-state index in [1.807, 2.05) is 0 Å². The highest BCUT2D eigenvalue weighted by molar-refractivity contribution is 5.84. The number of benzene rings is 2. The number of rotatable bonds is 5. The summed E-state index contributed by atoms with van der Waals surface area (Å²) in [7, 11) is 1.32. The first-order chi connectivity index (χ1) is 13.4. The Balaban J connectivity index is 2.74. The maximum Gasteiger partial charge on any atom is 0.416 e. The third-order valence-electron chi connectivity index (χ3n) is 3.92. The summed E-state index contributed by atoms with van der Waals surface area (Å²) in [4.78, 5) is 11.1. The van der Waals surface area contributed by atoms with Crippen molar-refractivity contribution in [3.8, 4) is 5.75 Å². The van der Waals surface area contributed by atoms with Gasteiger partial charge in [-0.25, -0.2) is 0 Å². The normalized spacial score (nSPS) is 13.0. The van der Waals surface area contributed by atoms with E-state index in [9.17, 15) is 31.1 Å². The van der Waals surface area contributed by atoms with Crippen LogP contribution in [0.4, 0.5) is 26.3 Å². The van der Waals surface area contributed by atoms with E-state index in [4.69, 9.17) is 4.74 Å². The van der Waals surface area contributed by atoms with Gasteiger partial charge in [-0.3, -0.25) is 4.79 Å². The van der Waals surface area contributed by atoms with Crippen LogP contribution < -0.4 is 4.74 Å². The molecule has 0 radical (unpaired) electrons. The molecule has 0 atom stereocenters. The van der Waals surface area contributed by atoms with Crippen LogP contribution in [0.1, 0.15) is 23.6 Å². The number of methoxy groups -OCH3 is 1. The molecule has 2 rings (SSSR count). The maximum atomic E-state index is 13.8. The first-order valence-corrected chi connectivity index (χ1v) is 8.19. The van der Waals surface area contributed by atoms with E-state index in [0.717, 1.165) is 19.1 Å². The fraction of sp³-hybridized carbons (Fsp3) is 0.250. The predicted octanol–water partition coefficient (Wildman–Crippen LogP) is 5.64. The number of carbonyl (C=O) groups is 1. The van der Waals surface area contributed by atoms with Crippen LogP contribution in [0.15, 0.2) is 54.1 Å². The standard InChI is InChI=1S/C20H16F6O3/c1-12(27)29-11-17(20(24,25)26)18(14-4-3-5-16(10-14)28-2)13-6-8-15(9-7-13)19(21,22)23/h3-10H,11H2,1-2H3/b18-17-. The zero-order valence-electron chi connectivity index (χ0n) is 15.3. The molecular formula is C20H16F6O3. The Morgan fingerprint density at radius 1 is 0.931 bits per heavy atom. The highest BCUT2D eigenvalue weighted by Gasteiger charge is 2.38. The first kappa shape index (κ1) is 22.3. The van der Waals surface area contributed by atoms with Crippen LogP contribution in [-0.4, -0.2) is 25.9 Å². The van der Waals surface area contributed by atoms with Gasteiger partial charge in [0.05, 0.1) is 18.2 Å². The van der Waals surface area contributed by atoms with Crippen LogP contribution in [-0.2, 0) is 15.7 Å². The molecule has 2 aromatic carbocycles. The molecule has 0 bridgehead atoms. The average Bonchev–Trinajstić information content (AvgIpc) is 2.63. The minimum Gasteiger partial charge on any atom is -0.497 e. The van der Waals surface area contributed by atoms with E-state index >= 15 is 0 Å². The van der Waals surface area contributed by atoms with Gasteiger partial charge in [-0.1, -0.05) is 24.3 Å². The largest absolute Gasteiger partial charge is 0.497 e. The van der Waals surface area contributed by atoms with E-state index < -0.39 is 41.6 Å². The van der Waals surface area contributed by atoms with Gasteiger partial charge in [0, 0.05) is 12.5 Å². The molecule has 0 aliphatic rings. The van der Waals surface area contributed by atoms with Gasteiger partial charge in [0.25, 0.3) is 0 Å². The topological polar surface area (TPSA) is 35.5 Å². The van der Waals surface area contributed by atoms with Crippen LogP contribution >= 0.6 is 0 Å². The third kappa shape index (κ3) is 5.75. The monoisotopic (exact) mass is 418 g/mol. The van der Waals surface area contributed by atoms with Gasteiger partial charge in [0.2, 0.25) is 0 Å². The highest BCUT2D eigenvalue weighted by atomic mass is 19.4. The molecule has 2 aromatic rings. The molecule has 0 saturated heterocycles. The predicted molar refractivity (Wildman–Crippen MR) is 93.1 cm³/mol. The summed E-state index contributed by atoms with van der Waals surface area (Å²) < 4.78 is 89.4. The van der Waals surface area contributed by atoms with E-state index in [1.165, 1.54) is 31.4 Å². The minimum atomic E-state index is -4.91. The lowest BCUT2D eigenvalue weighted by Gasteiger charge is -2.19. The van der Waals surface area contributed by atoms with Crippen LogP contribution in [0.2, 0.25) is 0 Å². The van der Waals surface area contributed by atoms with Crippen LogP contribution in [0, 0.1) is 0 Å². The van der Waals surface area contributed by atoms with E-state index in [2.05, 4.69) is 4.74 Å². The van der Waals surface area contributed by atoms with Crippen molar-refractivity contribution >= 4 is 11.5 Å². The summed E-state index contributed by atoms with van der Waals surface area (Å²) in [6.07, 6.45) is -9.54. The second-order valence-corrected chi connectivity index (χ2v) is 5.94. The van der Waals surface area contributed by atoms with Gasteiger partial charge in [-0.15, -0.1) is 0 Å². The number of ether oxygens (including phenoxy) is 2. The van der Waals surface area contributed by atoms with Crippen LogP contribution in [0.3, 0.4) is 0 Å². The summed E-state index contributed by atoms with van der Waals surface area (Å²) in [6, 6.07) is 8.88. The van der Waals surface area contributed by atoms with Crippen molar-refractivity contribution in [2.75, 3.05) is 13.7 Å². The molecule has 29 heavy (non-hydrogen) atoms. The zero-order valence-corrected chi connectivity index (χ0v) is 15.3. The van der Waals surface area contributed by atoms with Crippen LogP contribution in [0.5, 0.6) is 5.75 Å². The highest BCUT2D eigenvalue weighted by Crippen LogP contribution is 2.38. The third-order valence-corrected chi connectivity index (χ3v) is 3.92. The maximum absolute atomic E-state index is 13.8. The smallest absolute Gasteiger partial charge is 0.416 e. The summed E-state index contributed by atoms with van der Waals surface area (Å²) in [5, 5.41) is 0. The molecular weight excluding hydrogens is 402 g/mol. The molecule has 0 aromatic heterocycles. The lowest BCUT2D eigenvalue weighted by atomic mass is 9.92. The second-order valence-electron chi connectivity index (χ2n) is 5.94. The van der Waals surface area contributed by atoms with E-state index in [0.29, 0.717) is 12.1 Å². The Morgan fingerprint density at radius 3 is 2.03 bits per heavy atom. The lowest BCUT2D eigenvalue weighted by Crippen LogP contribution is -2.20. The number of carbonyl (C=O) groups excluding carboxylic acids is 1. The Morgan fingerprint density at radius 2 is 1.55 bits per heavy atom. The quantitative estimate of drug-likeness (QED) is 0.466. The summed E-state index contributed by atoms with van der Waals surface area (Å²) in [5.74, 6) is -0.676. The van der Waals surface area contributed by atoms with Gasteiger partial charge < -0.3 is 9.47 Å². The van der Waals surface area contributed by atoms with Gasteiger partial charge in [-0.05, 0) is 35.4 Å². The first-order valence-electron chi connectivity index (χ1n) is 8.19. The molecule has 0 aliphatic carbocycles. The molecule has 9 heteroatoms. The van der Waals surface area contributed by atoms with Gasteiger partial charge in [0.1, 0.15) is 12.4 Å². The van der Waals surface area contributed by atoms with Gasteiger partial charge >= 0.3 is 18.3 Å². The van der Waals surface area contributed by atoms with Gasteiger partial charge in [-0.2, -0.15) is 26.3 Å². The Bertz CT molecular complexity index is 896. The van der Waals surface area contributed by atoms with Crippen molar-refractivity contribution in [3.05, 3.63) is 70.8 Å².